The van der Waals surface area contributed by atoms with Crippen LogP contribution in [-0.2, 0) is 6.42 Å². The maximum absolute atomic E-state index is 10.7. The molecule has 1 saturated heterocycles. The summed E-state index contributed by atoms with van der Waals surface area (Å²) >= 11 is 7.22. The molecule has 174 valence electrons. The summed E-state index contributed by atoms with van der Waals surface area (Å²) in [5, 5.41) is 9.60. The highest BCUT2D eigenvalue weighted by molar-refractivity contribution is 7.97. The molecule has 3 rings (SSSR count). The zero-order chi connectivity index (χ0) is 22.8. The Morgan fingerprint density at radius 3 is 2.44 bits per heavy atom. The summed E-state index contributed by atoms with van der Waals surface area (Å²) in [6, 6.07) is 16.6. The van der Waals surface area contributed by atoms with E-state index in [0.29, 0.717) is 0 Å². The molecule has 1 fully saturated rings. The van der Waals surface area contributed by atoms with Gasteiger partial charge in [-0.1, -0.05) is 35.9 Å². The van der Waals surface area contributed by atoms with Crippen molar-refractivity contribution in [3.8, 4) is 5.75 Å². The first kappa shape index (κ1) is 24.7. The minimum absolute atomic E-state index is 0.264. The van der Waals surface area contributed by atoms with Gasteiger partial charge in [0.05, 0.1) is 7.11 Å². The van der Waals surface area contributed by atoms with E-state index >= 15 is 0 Å². The van der Waals surface area contributed by atoms with E-state index in [1.165, 1.54) is 23.1 Å². The van der Waals surface area contributed by atoms with Gasteiger partial charge in [0, 0.05) is 43.0 Å². The third-order valence-corrected chi connectivity index (χ3v) is 6.86. The third kappa shape index (κ3) is 7.89. The van der Waals surface area contributed by atoms with E-state index in [1.54, 1.807) is 7.11 Å². The van der Waals surface area contributed by atoms with Gasteiger partial charge in [-0.15, -0.1) is 0 Å². The van der Waals surface area contributed by atoms with Crippen LogP contribution in [0.25, 0.3) is 0 Å². The van der Waals surface area contributed by atoms with Crippen LogP contribution in [0.4, 0.5) is 4.79 Å². The highest BCUT2D eigenvalue weighted by Gasteiger charge is 2.25. The molecule has 0 aromatic heterocycles. The fourth-order valence-electron chi connectivity index (χ4n) is 4.13. The lowest BCUT2D eigenvalue weighted by Crippen LogP contribution is -2.48. The number of methoxy groups -OCH3 is 1. The Morgan fingerprint density at radius 1 is 1.12 bits per heavy atom. The van der Waals surface area contributed by atoms with Crippen molar-refractivity contribution in [1.29, 1.82) is 0 Å². The van der Waals surface area contributed by atoms with Crippen molar-refractivity contribution < 1.29 is 14.6 Å². The summed E-state index contributed by atoms with van der Waals surface area (Å²) in [7, 11) is 1.67. The van der Waals surface area contributed by atoms with Gasteiger partial charge in [0.15, 0.2) is 0 Å². The number of piperazine rings is 1. The van der Waals surface area contributed by atoms with E-state index in [-0.39, 0.29) is 6.04 Å². The molecule has 1 atom stereocenters. The lowest BCUT2D eigenvalue weighted by atomic mass is 10.0. The van der Waals surface area contributed by atoms with E-state index in [2.05, 4.69) is 38.8 Å². The summed E-state index contributed by atoms with van der Waals surface area (Å²) in [5.41, 5.74) is 2.58. The lowest BCUT2D eigenvalue weighted by Gasteiger charge is -2.39. The third-order valence-electron chi connectivity index (χ3n) is 5.85. The maximum atomic E-state index is 10.7. The molecular weight excluding hydrogens is 446 g/mol. The second-order valence-corrected chi connectivity index (χ2v) is 9.28. The van der Waals surface area contributed by atoms with E-state index < -0.39 is 6.09 Å². The molecule has 32 heavy (non-hydrogen) atoms. The quantitative estimate of drug-likeness (QED) is 0.353. The zero-order valence-electron chi connectivity index (χ0n) is 18.5. The molecule has 0 bridgehead atoms. The first-order valence-corrected chi connectivity index (χ1v) is 12.4. The summed E-state index contributed by atoms with van der Waals surface area (Å²) < 4.78 is 7.70. The molecule has 1 heterocycles. The number of halogens is 1. The van der Waals surface area contributed by atoms with Crippen LogP contribution in [0.2, 0.25) is 5.02 Å². The Morgan fingerprint density at radius 2 is 1.81 bits per heavy atom. The van der Waals surface area contributed by atoms with E-state index in [1.807, 2.05) is 24.3 Å². The highest BCUT2D eigenvalue weighted by Crippen LogP contribution is 2.28. The molecule has 2 aromatic rings. The van der Waals surface area contributed by atoms with E-state index in [0.717, 1.165) is 68.5 Å². The standard InChI is InChI=1S/C24H32ClN3O3S/c1-31-22-10-6-20(7-11-22)23(12-18-32-26-24(29)30)28-16-14-27(15-17-28)13-2-3-19-4-8-21(25)9-5-19/h4-11,23,26H,2-3,12-18H2,1H3,(H,29,30). The van der Waals surface area contributed by atoms with Gasteiger partial charge in [0.1, 0.15) is 5.75 Å². The summed E-state index contributed by atoms with van der Waals surface area (Å²) in [6.07, 6.45) is 2.09. The van der Waals surface area contributed by atoms with Crippen LogP contribution in [0.15, 0.2) is 48.5 Å². The number of ether oxygens (including phenoxy) is 1. The number of nitrogens with one attached hydrogen (secondary N) is 1. The minimum atomic E-state index is -0.997. The Labute approximate surface area is 200 Å². The predicted molar refractivity (Wildman–Crippen MR) is 132 cm³/mol. The number of carbonyl (C=O) groups is 1. The predicted octanol–water partition coefficient (Wildman–Crippen LogP) is 4.95. The van der Waals surface area contributed by atoms with Crippen molar-refractivity contribution in [3.63, 3.8) is 0 Å². The summed E-state index contributed by atoms with van der Waals surface area (Å²) in [4.78, 5) is 15.8. The average Bonchev–Trinajstić information content (AvgIpc) is 2.81. The molecule has 6 nitrogen and oxygen atoms in total. The van der Waals surface area contributed by atoms with E-state index in [4.69, 9.17) is 21.4 Å². The molecule has 2 N–H and O–H groups in total. The van der Waals surface area contributed by atoms with Gasteiger partial charge in [0.25, 0.3) is 0 Å². The number of nitrogens with zero attached hydrogens (tertiary/aromatic N) is 2. The molecule has 2 aromatic carbocycles. The molecule has 1 unspecified atom stereocenters. The zero-order valence-corrected chi connectivity index (χ0v) is 20.1. The summed E-state index contributed by atoms with van der Waals surface area (Å²) in [5.74, 6) is 1.57. The van der Waals surface area contributed by atoms with Crippen molar-refractivity contribution >= 4 is 29.6 Å². The SMILES string of the molecule is COc1ccc(C(CCSNC(=O)O)N2CCN(CCCc3ccc(Cl)cc3)CC2)cc1. The Kier molecular flexibility index (Phi) is 9.99. The van der Waals surface area contributed by atoms with Gasteiger partial charge in [-0.25, -0.2) is 4.79 Å². The number of benzene rings is 2. The van der Waals surface area contributed by atoms with Crippen LogP contribution >= 0.6 is 23.5 Å². The van der Waals surface area contributed by atoms with Crippen molar-refractivity contribution in [2.24, 2.45) is 0 Å². The number of aryl methyl sites for hydroxylation is 1. The van der Waals surface area contributed by atoms with Crippen molar-refractivity contribution in [1.82, 2.24) is 14.5 Å². The highest BCUT2D eigenvalue weighted by atomic mass is 35.5. The lowest BCUT2D eigenvalue weighted by molar-refractivity contribution is 0.0935. The fraction of sp³-hybridized carbons (Fsp3) is 0.458. The van der Waals surface area contributed by atoms with Gasteiger partial charge >= 0.3 is 6.09 Å². The molecule has 0 saturated carbocycles. The average molecular weight is 478 g/mol. The number of carboxylic acid groups (broad SMARTS) is 1. The minimum Gasteiger partial charge on any atom is -0.497 e. The second-order valence-electron chi connectivity index (χ2n) is 7.94. The van der Waals surface area contributed by atoms with Crippen LogP contribution in [0.3, 0.4) is 0 Å². The molecule has 1 aliphatic heterocycles. The van der Waals surface area contributed by atoms with Gasteiger partial charge in [0.2, 0.25) is 0 Å². The van der Waals surface area contributed by atoms with Crippen LogP contribution in [0.5, 0.6) is 5.75 Å². The molecule has 1 amide bonds. The number of rotatable bonds is 11. The van der Waals surface area contributed by atoms with Gasteiger partial charge < -0.3 is 14.7 Å². The molecule has 8 heteroatoms. The van der Waals surface area contributed by atoms with Crippen molar-refractivity contribution in [3.05, 3.63) is 64.7 Å². The van der Waals surface area contributed by atoms with Crippen molar-refractivity contribution in [2.75, 3.05) is 45.6 Å². The Bertz CT molecular complexity index is 827. The number of amides is 1. The van der Waals surface area contributed by atoms with Crippen molar-refractivity contribution in [2.45, 2.75) is 25.3 Å². The Balaban J connectivity index is 1.50. The first-order chi connectivity index (χ1) is 15.5. The largest absolute Gasteiger partial charge is 0.497 e. The second kappa shape index (κ2) is 12.9. The molecular formula is C24H32ClN3O3S. The number of hydrogen-bond acceptors (Lipinski definition) is 5. The topological polar surface area (TPSA) is 65.0 Å². The monoisotopic (exact) mass is 477 g/mol. The molecule has 0 radical (unpaired) electrons. The van der Waals surface area contributed by atoms with Crippen LogP contribution in [0.1, 0.15) is 30.0 Å². The van der Waals surface area contributed by atoms with Crippen LogP contribution in [-0.4, -0.2) is 66.6 Å². The maximum Gasteiger partial charge on any atom is 0.414 e. The fourth-order valence-corrected chi connectivity index (χ4v) is 4.82. The number of hydrogen-bond donors (Lipinski definition) is 2. The normalized spacial score (nSPS) is 15.9. The smallest absolute Gasteiger partial charge is 0.414 e. The summed E-state index contributed by atoms with van der Waals surface area (Å²) in [6.45, 7) is 5.22. The first-order valence-electron chi connectivity index (χ1n) is 11.0. The Hall–Kier alpha value is -1.93. The van der Waals surface area contributed by atoms with E-state index in [9.17, 15) is 4.79 Å². The van der Waals surface area contributed by atoms with Crippen LogP contribution in [0, 0.1) is 0 Å². The van der Waals surface area contributed by atoms with Gasteiger partial charge in [-0.05, 0) is 73.1 Å². The molecule has 1 aliphatic rings. The molecule has 0 aliphatic carbocycles. The molecule has 0 spiro atoms. The van der Waals surface area contributed by atoms with Gasteiger partial charge in [-0.2, -0.15) is 0 Å². The van der Waals surface area contributed by atoms with Gasteiger partial charge in [-0.3, -0.25) is 9.62 Å². The van der Waals surface area contributed by atoms with Crippen LogP contribution < -0.4 is 9.46 Å².